The molecule has 0 aliphatic carbocycles. The summed E-state index contributed by atoms with van der Waals surface area (Å²) in [7, 11) is 0. The van der Waals surface area contributed by atoms with Crippen LogP contribution in [0.25, 0.3) is 0 Å². The van der Waals surface area contributed by atoms with Crippen molar-refractivity contribution >= 4 is 21.6 Å². The summed E-state index contributed by atoms with van der Waals surface area (Å²) in [6.07, 6.45) is 1.31. The lowest BCUT2D eigenvalue weighted by molar-refractivity contribution is 0.0213. The number of para-hydroxylation sites is 1. The van der Waals surface area contributed by atoms with E-state index in [1.807, 2.05) is 0 Å². The Labute approximate surface area is 117 Å². The van der Waals surface area contributed by atoms with Crippen LogP contribution in [0, 0.1) is 5.41 Å². The molecule has 2 aliphatic rings. The minimum absolute atomic E-state index is 0.532. The summed E-state index contributed by atoms with van der Waals surface area (Å²) in [5.41, 5.74) is 7.48. The molecular weight excluding hydrogens is 290 g/mol. The first-order valence-corrected chi connectivity index (χ1v) is 7.44. The van der Waals surface area contributed by atoms with E-state index in [0.717, 1.165) is 13.1 Å². The minimum Gasteiger partial charge on any atom is -0.370 e. The Kier molecular flexibility index (Phi) is 3.34. The molecule has 2 heterocycles. The second kappa shape index (κ2) is 4.83. The molecule has 1 aromatic rings. The molecule has 2 fully saturated rings. The van der Waals surface area contributed by atoms with Crippen molar-refractivity contribution in [2.45, 2.75) is 6.42 Å². The Morgan fingerprint density at radius 1 is 1.22 bits per heavy atom. The lowest BCUT2D eigenvalue weighted by atomic mass is 9.79. The first-order valence-electron chi connectivity index (χ1n) is 6.64. The Morgan fingerprint density at radius 3 is 2.72 bits per heavy atom. The van der Waals surface area contributed by atoms with Crippen molar-refractivity contribution in [2.24, 2.45) is 11.1 Å². The van der Waals surface area contributed by atoms with E-state index in [9.17, 15) is 0 Å². The lowest BCUT2D eigenvalue weighted by Crippen LogP contribution is -2.58. The molecule has 18 heavy (non-hydrogen) atoms. The highest BCUT2D eigenvalue weighted by Gasteiger charge is 2.47. The molecule has 0 amide bonds. The number of halogens is 1. The molecule has 2 N–H and O–H groups in total. The van der Waals surface area contributed by atoms with Crippen molar-refractivity contribution in [1.29, 1.82) is 0 Å². The van der Waals surface area contributed by atoms with E-state index < -0.39 is 0 Å². The zero-order chi connectivity index (χ0) is 12.6. The van der Waals surface area contributed by atoms with Gasteiger partial charge in [-0.05, 0) is 34.5 Å². The van der Waals surface area contributed by atoms with Crippen molar-refractivity contribution in [3.63, 3.8) is 0 Å². The van der Waals surface area contributed by atoms with Gasteiger partial charge in [-0.2, -0.15) is 0 Å². The minimum atomic E-state index is 0.532. The largest absolute Gasteiger partial charge is 0.370 e. The molecule has 0 bridgehead atoms. The van der Waals surface area contributed by atoms with Crippen molar-refractivity contribution in [2.75, 3.05) is 44.2 Å². The summed E-state index contributed by atoms with van der Waals surface area (Å²) in [6.45, 7) is 6.66. The number of rotatable bonds is 3. The zero-order valence-corrected chi connectivity index (χ0v) is 12.2. The van der Waals surface area contributed by atoms with Crippen molar-refractivity contribution in [3.05, 3.63) is 28.7 Å². The van der Waals surface area contributed by atoms with Gasteiger partial charge < -0.3 is 15.5 Å². The van der Waals surface area contributed by atoms with Crippen LogP contribution in [0.4, 0.5) is 5.69 Å². The SMILES string of the molecule is NCCN1CC2(CCN(c3ccccc3Br)C2)C1. The number of hydrogen-bond donors (Lipinski definition) is 1. The highest BCUT2D eigenvalue weighted by molar-refractivity contribution is 9.10. The van der Waals surface area contributed by atoms with Crippen LogP contribution in [0.15, 0.2) is 28.7 Å². The quantitative estimate of drug-likeness (QED) is 0.926. The molecule has 2 saturated heterocycles. The fourth-order valence-corrected chi connectivity index (χ4v) is 3.89. The molecule has 1 spiro atoms. The van der Waals surface area contributed by atoms with Gasteiger partial charge in [-0.3, -0.25) is 0 Å². The zero-order valence-electron chi connectivity index (χ0n) is 10.6. The number of anilines is 1. The van der Waals surface area contributed by atoms with E-state index in [1.54, 1.807) is 0 Å². The fourth-order valence-electron chi connectivity index (χ4n) is 3.35. The molecule has 4 heteroatoms. The monoisotopic (exact) mass is 309 g/mol. The average Bonchev–Trinajstić information content (AvgIpc) is 2.74. The van der Waals surface area contributed by atoms with Crippen LogP contribution < -0.4 is 10.6 Å². The summed E-state index contributed by atoms with van der Waals surface area (Å²) >= 11 is 3.65. The lowest BCUT2D eigenvalue weighted by Gasteiger charge is -2.48. The van der Waals surface area contributed by atoms with E-state index in [2.05, 4.69) is 50.0 Å². The summed E-state index contributed by atoms with van der Waals surface area (Å²) < 4.78 is 1.21. The molecule has 1 aromatic carbocycles. The fraction of sp³-hybridized carbons (Fsp3) is 0.571. The summed E-state index contributed by atoms with van der Waals surface area (Å²) in [5, 5.41) is 0. The number of nitrogens with two attached hydrogens (primary N) is 1. The molecule has 0 saturated carbocycles. The van der Waals surface area contributed by atoms with Gasteiger partial charge in [0, 0.05) is 49.2 Å². The van der Waals surface area contributed by atoms with Crippen LogP contribution >= 0.6 is 15.9 Å². The van der Waals surface area contributed by atoms with Crippen molar-refractivity contribution in [3.8, 4) is 0 Å². The third kappa shape index (κ3) is 2.17. The Morgan fingerprint density at radius 2 is 2.00 bits per heavy atom. The maximum absolute atomic E-state index is 5.61. The molecule has 0 unspecified atom stereocenters. The number of likely N-dealkylation sites (tertiary alicyclic amines) is 1. The molecule has 98 valence electrons. The summed E-state index contributed by atoms with van der Waals surface area (Å²) in [4.78, 5) is 4.99. The number of hydrogen-bond acceptors (Lipinski definition) is 3. The molecule has 0 aromatic heterocycles. The van der Waals surface area contributed by atoms with E-state index in [4.69, 9.17) is 5.73 Å². The second-order valence-electron chi connectivity index (χ2n) is 5.62. The predicted octanol–water partition coefficient (Wildman–Crippen LogP) is 1.92. The van der Waals surface area contributed by atoms with Gasteiger partial charge in [-0.1, -0.05) is 12.1 Å². The number of nitrogens with zero attached hydrogens (tertiary/aromatic N) is 2. The van der Waals surface area contributed by atoms with Crippen LogP contribution in [-0.4, -0.2) is 44.2 Å². The first kappa shape index (κ1) is 12.5. The molecule has 0 atom stereocenters. The van der Waals surface area contributed by atoms with Crippen LogP contribution in [-0.2, 0) is 0 Å². The molecule has 2 aliphatic heterocycles. The molecule has 3 nitrogen and oxygen atoms in total. The van der Waals surface area contributed by atoms with Gasteiger partial charge >= 0.3 is 0 Å². The molecule has 3 rings (SSSR count). The van der Waals surface area contributed by atoms with Crippen LogP contribution in [0.2, 0.25) is 0 Å². The standard InChI is InChI=1S/C14H20BrN3/c15-12-3-1-2-4-13(12)18-7-5-14(11-18)9-17(10-14)8-6-16/h1-4H,5-11,16H2. The van der Waals surface area contributed by atoms with Gasteiger partial charge in [-0.25, -0.2) is 0 Å². The first-order chi connectivity index (χ1) is 8.72. The van der Waals surface area contributed by atoms with Gasteiger partial charge in [0.2, 0.25) is 0 Å². The Balaban J connectivity index is 1.65. The Hall–Kier alpha value is -0.580. The molecular formula is C14H20BrN3. The maximum Gasteiger partial charge on any atom is 0.0510 e. The van der Waals surface area contributed by atoms with Gasteiger partial charge in [0.05, 0.1) is 5.69 Å². The highest BCUT2D eigenvalue weighted by Crippen LogP contribution is 2.42. The second-order valence-corrected chi connectivity index (χ2v) is 6.48. The molecule has 0 radical (unpaired) electrons. The average molecular weight is 310 g/mol. The Bertz CT molecular complexity index is 429. The smallest absolute Gasteiger partial charge is 0.0510 e. The van der Waals surface area contributed by atoms with Gasteiger partial charge in [0.1, 0.15) is 0 Å². The van der Waals surface area contributed by atoms with Crippen LogP contribution in [0.5, 0.6) is 0 Å². The van der Waals surface area contributed by atoms with E-state index >= 15 is 0 Å². The van der Waals surface area contributed by atoms with Crippen LogP contribution in [0.3, 0.4) is 0 Å². The van der Waals surface area contributed by atoms with Crippen molar-refractivity contribution in [1.82, 2.24) is 4.90 Å². The van der Waals surface area contributed by atoms with Gasteiger partial charge in [0.25, 0.3) is 0 Å². The van der Waals surface area contributed by atoms with E-state index in [-0.39, 0.29) is 0 Å². The normalized spacial score (nSPS) is 22.4. The van der Waals surface area contributed by atoms with Crippen LogP contribution in [0.1, 0.15) is 6.42 Å². The predicted molar refractivity (Wildman–Crippen MR) is 78.9 cm³/mol. The van der Waals surface area contributed by atoms with E-state index in [0.29, 0.717) is 5.41 Å². The third-order valence-corrected chi connectivity index (χ3v) is 4.87. The van der Waals surface area contributed by atoms with Gasteiger partial charge in [-0.15, -0.1) is 0 Å². The van der Waals surface area contributed by atoms with Gasteiger partial charge in [0.15, 0.2) is 0 Å². The van der Waals surface area contributed by atoms with Crippen molar-refractivity contribution < 1.29 is 0 Å². The summed E-state index contributed by atoms with van der Waals surface area (Å²) in [5.74, 6) is 0. The third-order valence-electron chi connectivity index (χ3n) is 4.19. The summed E-state index contributed by atoms with van der Waals surface area (Å²) in [6, 6.07) is 8.53. The van der Waals surface area contributed by atoms with E-state index in [1.165, 1.54) is 42.8 Å². The number of benzene rings is 1. The highest BCUT2D eigenvalue weighted by atomic mass is 79.9. The maximum atomic E-state index is 5.61. The topological polar surface area (TPSA) is 32.5 Å².